The highest BCUT2D eigenvalue weighted by atomic mass is 32.2. The summed E-state index contributed by atoms with van der Waals surface area (Å²) in [4.78, 5) is 1.17. The molecule has 5 aromatic carbocycles. The molecule has 0 radical (unpaired) electrons. The molecule has 1 aliphatic rings. The number of hydrogen-bond donors (Lipinski definition) is 0. The first kappa shape index (κ1) is 30.5. The predicted octanol–water partition coefficient (Wildman–Crippen LogP) is 8.06. The van der Waals surface area contributed by atoms with Crippen molar-refractivity contribution in [3.05, 3.63) is 150 Å². The summed E-state index contributed by atoms with van der Waals surface area (Å²) in [6, 6.07) is 45.5. The van der Waals surface area contributed by atoms with E-state index in [1.54, 1.807) is 18.9 Å². The fourth-order valence-corrected chi connectivity index (χ4v) is 6.49. The third-order valence-electron chi connectivity index (χ3n) is 7.81. The molecule has 1 aliphatic heterocycles. The van der Waals surface area contributed by atoms with E-state index in [-0.39, 0.29) is 6.10 Å². The highest BCUT2D eigenvalue weighted by Crippen LogP contribution is 2.34. The van der Waals surface area contributed by atoms with Crippen LogP contribution in [0, 0.1) is 0 Å². The Labute approximate surface area is 264 Å². The van der Waals surface area contributed by atoms with Crippen LogP contribution in [-0.2, 0) is 43.5 Å². The predicted molar refractivity (Wildman–Crippen MR) is 175 cm³/mol. The summed E-state index contributed by atoms with van der Waals surface area (Å²) in [6.07, 6.45) is -2.29. The summed E-state index contributed by atoms with van der Waals surface area (Å²) in [5.41, 5.74) is 3.24. The van der Waals surface area contributed by atoms with Crippen molar-refractivity contribution >= 4 is 22.5 Å². The van der Waals surface area contributed by atoms with Gasteiger partial charge in [0, 0.05) is 17.8 Å². The van der Waals surface area contributed by atoms with E-state index in [1.165, 1.54) is 15.7 Å². The number of methoxy groups -OCH3 is 1. The maximum atomic E-state index is 6.80. The standard InChI is InChI=1S/C38H38O5S/c1-39-38-37(42-25-29-15-7-3-8-16-29)36(41-24-28-13-5-2-6-14-28)35(34(43-38)27-44-33-19-9-4-10-20-33)40-26-30-21-22-31-17-11-12-18-32(31)23-30/h2-23,34-38H,24-27H2,1H3/t34-,35-,36+,37-,38-/m1/s1. The van der Waals surface area contributed by atoms with Crippen LogP contribution < -0.4 is 0 Å². The maximum absolute atomic E-state index is 6.80. The van der Waals surface area contributed by atoms with Crippen LogP contribution in [0.4, 0.5) is 0 Å². The van der Waals surface area contributed by atoms with Crippen molar-refractivity contribution in [1.29, 1.82) is 0 Å². The van der Waals surface area contributed by atoms with Crippen LogP contribution in [0.3, 0.4) is 0 Å². The van der Waals surface area contributed by atoms with Gasteiger partial charge in [-0.25, -0.2) is 0 Å². The fourth-order valence-electron chi connectivity index (χ4n) is 5.52. The molecular weight excluding hydrogens is 568 g/mol. The number of thioether (sulfide) groups is 1. The van der Waals surface area contributed by atoms with Crippen LogP contribution in [0.5, 0.6) is 0 Å². The molecule has 1 heterocycles. The molecule has 0 aliphatic carbocycles. The quantitative estimate of drug-likeness (QED) is 0.126. The van der Waals surface area contributed by atoms with Gasteiger partial charge in [0.25, 0.3) is 0 Å². The summed E-state index contributed by atoms with van der Waals surface area (Å²) in [5, 5.41) is 2.39. The molecule has 6 rings (SSSR count). The Morgan fingerprint density at radius 2 is 1.09 bits per heavy atom. The van der Waals surface area contributed by atoms with Crippen LogP contribution in [-0.4, -0.2) is 43.6 Å². The zero-order valence-electron chi connectivity index (χ0n) is 24.9. The molecule has 0 amide bonds. The lowest BCUT2D eigenvalue weighted by Crippen LogP contribution is -2.61. The average Bonchev–Trinajstić information content (AvgIpc) is 3.09. The van der Waals surface area contributed by atoms with Crippen molar-refractivity contribution in [2.24, 2.45) is 0 Å². The highest BCUT2D eigenvalue weighted by molar-refractivity contribution is 7.99. The first-order valence-electron chi connectivity index (χ1n) is 15.0. The molecule has 5 atom stereocenters. The minimum atomic E-state index is -0.624. The second-order valence-corrected chi connectivity index (χ2v) is 12.0. The molecule has 1 fully saturated rings. The summed E-state index contributed by atoms with van der Waals surface area (Å²) in [6.45, 7) is 1.24. The van der Waals surface area contributed by atoms with E-state index in [0.717, 1.165) is 16.7 Å². The van der Waals surface area contributed by atoms with Gasteiger partial charge in [-0.15, -0.1) is 11.8 Å². The SMILES string of the molecule is CO[C@@H]1O[C@H](CSc2ccccc2)[C@@H](OCc2ccc3ccccc3c2)[C@H](OCc2ccccc2)[C@H]1OCc1ccccc1. The number of hydrogen-bond acceptors (Lipinski definition) is 6. The first-order valence-corrected chi connectivity index (χ1v) is 16.0. The average molecular weight is 607 g/mol. The summed E-state index contributed by atoms with van der Waals surface area (Å²) in [5.74, 6) is 0.670. The van der Waals surface area contributed by atoms with Crippen molar-refractivity contribution < 1.29 is 23.7 Å². The van der Waals surface area contributed by atoms with E-state index in [2.05, 4.69) is 91.0 Å². The Kier molecular flexibility index (Phi) is 10.7. The molecule has 0 aromatic heterocycles. The zero-order chi connectivity index (χ0) is 30.0. The lowest BCUT2D eigenvalue weighted by molar-refractivity contribution is -0.313. The summed E-state index contributed by atoms with van der Waals surface area (Å²) >= 11 is 1.74. The van der Waals surface area contributed by atoms with Crippen molar-refractivity contribution in [3.8, 4) is 0 Å². The molecule has 0 spiro atoms. The number of benzene rings is 5. The molecule has 6 heteroatoms. The minimum Gasteiger partial charge on any atom is -0.368 e. The van der Waals surface area contributed by atoms with Gasteiger partial charge in [0.1, 0.15) is 18.3 Å². The van der Waals surface area contributed by atoms with Crippen LogP contribution in [0.25, 0.3) is 10.8 Å². The van der Waals surface area contributed by atoms with E-state index >= 15 is 0 Å². The smallest absolute Gasteiger partial charge is 0.186 e. The lowest BCUT2D eigenvalue weighted by atomic mass is 9.98. The van der Waals surface area contributed by atoms with Gasteiger partial charge in [-0.1, -0.05) is 115 Å². The molecule has 226 valence electrons. The third-order valence-corrected chi connectivity index (χ3v) is 8.91. The number of rotatable bonds is 13. The third kappa shape index (κ3) is 7.96. The van der Waals surface area contributed by atoms with Crippen LogP contribution >= 0.6 is 11.8 Å². The molecule has 44 heavy (non-hydrogen) atoms. The Morgan fingerprint density at radius 1 is 0.545 bits per heavy atom. The fraction of sp³-hybridized carbons (Fsp3) is 0.263. The van der Waals surface area contributed by atoms with Gasteiger partial charge in [-0.05, 0) is 45.7 Å². The van der Waals surface area contributed by atoms with Crippen molar-refractivity contribution in [2.75, 3.05) is 12.9 Å². The number of fused-ring (bicyclic) bond motifs is 1. The van der Waals surface area contributed by atoms with Crippen molar-refractivity contribution in [3.63, 3.8) is 0 Å². The van der Waals surface area contributed by atoms with Crippen molar-refractivity contribution in [2.45, 2.75) is 55.4 Å². The van der Waals surface area contributed by atoms with E-state index in [0.29, 0.717) is 25.6 Å². The maximum Gasteiger partial charge on any atom is 0.186 e. The second-order valence-electron chi connectivity index (χ2n) is 10.9. The molecule has 0 saturated carbocycles. The molecular formula is C38H38O5S. The molecule has 5 aromatic rings. The van der Waals surface area contributed by atoms with Gasteiger partial charge in [0.2, 0.25) is 0 Å². The van der Waals surface area contributed by atoms with Gasteiger partial charge in [0.05, 0.1) is 25.9 Å². The summed E-state index contributed by atoms with van der Waals surface area (Å²) < 4.78 is 32.7. The lowest BCUT2D eigenvalue weighted by Gasteiger charge is -2.45. The minimum absolute atomic E-state index is 0.303. The molecule has 0 N–H and O–H groups in total. The Hall–Kier alpha value is -3.49. The zero-order valence-corrected chi connectivity index (χ0v) is 25.7. The van der Waals surface area contributed by atoms with Gasteiger partial charge >= 0.3 is 0 Å². The second kappa shape index (κ2) is 15.5. The van der Waals surface area contributed by atoms with E-state index in [1.807, 2.05) is 42.5 Å². The summed E-state index contributed by atoms with van der Waals surface area (Å²) in [7, 11) is 1.66. The molecule has 1 saturated heterocycles. The topological polar surface area (TPSA) is 46.2 Å². The normalized spacial score (nSPS) is 21.8. The van der Waals surface area contributed by atoms with Gasteiger partial charge in [-0.3, -0.25) is 0 Å². The monoisotopic (exact) mass is 606 g/mol. The van der Waals surface area contributed by atoms with Crippen LogP contribution in [0.2, 0.25) is 0 Å². The van der Waals surface area contributed by atoms with Crippen LogP contribution in [0.1, 0.15) is 16.7 Å². The Bertz CT molecular complexity index is 1570. The van der Waals surface area contributed by atoms with E-state index in [4.69, 9.17) is 23.7 Å². The Balaban J connectivity index is 1.29. The van der Waals surface area contributed by atoms with Gasteiger partial charge < -0.3 is 23.7 Å². The van der Waals surface area contributed by atoms with E-state index < -0.39 is 24.6 Å². The van der Waals surface area contributed by atoms with Gasteiger partial charge in [-0.2, -0.15) is 0 Å². The molecule has 0 unspecified atom stereocenters. The molecule has 5 nitrogen and oxygen atoms in total. The Morgan fingerprint density at radius 3 is 1.75 bits per heavy atom. The van der Waals surface area contributed by atoms with Gasteiger partial charge in [0.15, 0.2) is 6.29 Å². The first-order chi connectivity index (χ1) is 21.8. The highest BCUT2D eigenvalue weighted by Gasteiger charge is 2.48. The number of ether oxygens (including phenoxy) is 5. The van der Waals surface area contributed by atoms with Crippen LogP contribution in [0.15, 0.2) is 138 Å². The van der Waals surface area contributed by atoms with E-state index in [9.17, 15) is 0 Å². The largest absolute Gasteiger partial charge is 0.368 e. The molecule has 0 bridgehead atoms. The van der Waals surface area contributed by atoms with Crippen molar-refractivity contribution in [1.82, 2.24) is 0 Å².